The Bertz CT molecular complexity index is 665. The Morgan fingerprint density at radius 2 is 2.09 bits per heavy atom. The molecule has 0 aliphatic heterocycles. The molecule has 0 saturated carbocycles. The van der Waals surface area contributed by atoms with Gasteiger partial charge < -0.3 is 15.8 Å². The number of hydrogen-bond donors (Lipinski definition) is 3. The minimum atomic E-state index is -0.524. The fourth-order valence-corrected chi connectivity index (χ4v) is 1.78. The molecule has 0 fully saturated rings. The largest absolute Gasteiger partial charge is 0.449 e. The number of anilines is 4. The van der Waals surface area contributed by atoms with Crippen LogP contribution in [0.25, 0.3) is 0 Å². The van der Waals surface area contributed by atoms with E-state index in [0.29, 0.717) is 28.8 Å². The minimum Gasteiger partial charge on any atom is -0.449 e. The van der Waals surface area contributed by atoms with Gasteiger partial charge in [0.05, 0.1) is 24.2 Å². The van der Waals surface area contributed by atoms with Gasteiger partial charge in [-0.3, -0.25) is 5.32 Å². The quantitative estimate of drug-likeness (QED) is 0.780. The van der Waals surface area contributed by atoms with E-state index in [4.69, 9.17) is 22.1 Å². The zero-order valence-electron chi connectivity index (χ0n) is 12.0. The van der Waals surface area contributed by atoms with Gasteiger partial charge in [-0.1, -0.05) is 30.7 Å². The molecule has 0 spiro atoms. The summed E-state index contributed by atoms with van der Waals surface area (Å²) in [5.41, 5.74) is 6.69. The van der Waals surface area contributed by atoms with E-state index < -0.39 is 6.09 Å². The second-order valence-electron chi connectivity index (χ2n) is 4.36. The minimum absolute atomic E-state index is 0.0969. The summed E-state index contributed by atoms with van der Waals surface area (Å²) in [5, 5.41) is 5.99. The van der Waals surface area contributed by atoms with Gasteiger partial charge in [0.1, 0.15) is 5.02 Å². The number of amides is 1. The van der Waals surface area contributed by atoms with Crippen molar-refractivity contribution in [3.05, 3.63) is 35.5 Å². The highest BCUT2D eigenvalue weighted by molar-refractivity contribution is 6.33. The first kappa shape index (κ1) is 15.8. The Labute approximate surface area is 132 Å². The van der Waals surface area contributed by atoms with Crippen LogP contribution in [0, 0.1) is 0 Å². The van der Waals surface area contributed by atoms with Crippen LogP contribution in [-0.2, 0) is 4.74 Å². The number of halogens is 1. The van der Waals surface area contributed by atoms with E-state index in [1.165, 1.54) is 6.20 Å². The van der Waals surface area contributed by atoms with Crippen LogP contribution in [0.15, 0.2) is 30.5 Å². The van der Waals surface area contributed by atoms with Crippen LogP contribution in [0.5, 0.6) is 0 Å². The number of carbonyl (C=O) groups excluding carboxylic acids is 1. The SMILES string of the molecule is CCCOC(=O)Nc1ccccc1Nc1nc(N)ncc1Cl. The number of para-hydroxylation sites is 2. The highest BCUT2D eigenvalue weighted by Crippen LogP contribution is 2.28. The number of aromatic nitrogens is 2. The van der Waals surface area contributed by atoms with Gasteiger partial charge >= 0.3 is 6.09 Å². The first-order valence-electron chi connectivity index (χ1n) is 6.68. The topological polar surface area (TPSA) is 102 Å². The molecule has 0 atom stereocenters. The molecule has 0 saturated heterocycles. The maximum atomic E-state index is 11.7. The summed E-state index contributed by atoms with van der Waals surface area (Å²) in [6, 6.07) is 7.10. The first-order chi connectivity index (χ1) is 10.6. The zero-order valence-corrected chi connectivity index (χ0v) is 12.7. The van der Waals surface area contributed by atoms with E-state index in [1.54, 1.807) is 18.2 Å². The smallest absolute Gasteiger partial charge is 0.411 e. The van der Waals surface area contributed by atoms with Crippen molar-refractivity contribution < 1.29 is 9.53 Å². The van der Waals surface area contributed by atoms with Crippen molar-refractivity contribution in [2.45, 2.75) is 13.3 Å². The molecule has 8 heteroatoms. The molecule has 1 aromatic carbocycles. The molecule has 7 nitrogen and oxygen atoms in total. The van der Waals surface area contributed by atoms with Crippen molar-refractivity contribution in [3.63, 3.8) is 0 Å². The van der Waals surface area contributed by atoms with E-state index in [1.807, 2.05) is 13.0 Å². The average molecular weight is 322 g/mol. The summed E-state index contributed by atoms with van der Waals surface area (Å²) in [6.45, 7) is 2.28. The zero-order chi connectivity index (χ0) is 15.9. The van der Waals surface area contributed by atoms with Gasteiger partial charge in [-0.2, -0.15) is 4.98 Å². The van der Waals surface area contributed by atoms with Gasteiger partial charge in [0.15, 0.2) is 5.82 Å². The summed E-state index contributed by atoms with van der Waals surface area (Å²) < 4.78 is 4.99. The number of nitrogens with two attached hydrogens (primary N) is 1. The molecule has 0 bridgehead atoms. The maximum absolute atomic E-state index is 11.7. The predicted molar refractivity (Wildman–Crippen MR) is 86.4 cm³/mol. The molecule has 2 rings (SSSR count). The fraction of sp³-hybridized carbons (Fsp3) is 0.214. The summed E-state index contributed by atoms with van der Waals surface area (Å²) in [5.74, 6) is 0.449. The average Bonchev–Trinajstić information content (AvgIpc) is 2.51. The number of carbonyl (C=O) groups is 1. The summed E-state index contributed by atoms with van der Waals surface area (Å²) >= 11 is 6.02. The summed E-state index contributed by atoms with van der Waals surface area (Å²) in [7, 11) is 0. The number of hydrogen-bond acceptors (Lipinski definition) is 6. The lowest BCUT2D eigenvalue weighted by atomic mass is 10.2. The lowest BCUT2D eigenvalue weighted by molar-refractivity contribution is 0.161. The van der Waals surface area contributed by atoms with E-state index in [9.17, 15) is 4.79 Å². The molecule has 0 aliphatic carbocycles. The highest BCUT2D eigenvalue weighted by atomic mass is 35.5. The maximum Gasteiger partial charge on any atom is 0.411 e. The Kier molecular flexibility index (Phi) is 5.37. The van der Waals surface area contributed by atoms with Crippen LogP contribution in [0.4, 0.5) is 27.9 Å². The van der Waals surface area contributed by atoms with E-state index in [0.717, 1.165) is 6.42 Å². The third-order valence-electron chi connectivity index (χ3n) is 2.62. The third-order valence-corrected chi connectivity index (χ3v) is 2.89. The molecule has 0 aliphatic rings. The van der Waals surface area contributed by atoms with Crippen LogP contribution in [0.3, 0.4) is 0 Å². The number of rotatable bonds is 5. The van der Waals surface area contributed by atoms with Crippen LogP contribution in [-0.4, -0.2) is 22.7 Å². The van der Waals surface area contributed by atoms with Crippen LogP contribution >= 0.6 is 11.6 Å². The van der Waals surface area contributed by atoms with Gasteiger partial charge in [-0.25, -0.2) is 9.78 Å². The van der Waals surface area contributed by atoms with Crippen molar-refractivity contribution in [3.8, 4) is 0 Å². The van der Waals surface area contributed by atoms with Crippen molar-refractivity contribution >= 4 is 40.8 Å². The van der Waals surface area contributed by atoms with E-state index in [-0.39, 0.29) is 5.95 Å². The Hall–Kier alpha value is -2.54. The first-order valence-corrected chi connectivity index (χ1v) is 7.05. The van der Waals surface area contributed by atoms with E-state index >= 15 is 0 Å². The molecule has 1 amide bonds. The molecule has 116 valence electrons. The predicted octanol–water partition coefficient (Wildman–Crippen LogP) is 3.41. The Morgan fingerprint density at radius 3 is 2.82 bits per heavy atom. The number of nitrogens with one attached hydrogen (secondary N) is 2. The van der Waals surface area contributed by atoms with Gasteiger partial charge in [0, 0.05) is 0 Å². The molecule has 0 unspecified atom stereocenters. The Morgan fingerprint density at radius 1 is 1.36 bits per heavy atom. The van der Waals surface area contributed by atoms with Crippen LogP contribution < -0.4 is 16.4 Å². The second-order valence-corrected chi connectivity index (χ2v) is 4.76. The van der Waals surface area contributed by atoms with Gasteiger partial charge in [0.25, 0.3) is 0 Å². The second kappa shape index (κ2) is 7.46. The van der Waals surface area contributed by atoms with E-state index in [2.05, 4.69) is 20.6 Å². The molecular formula is C14H16ClN5O2. The van der Waals surface area contributed by atoms with Crippen molar-refractivity contribution in [1.82, 2.24) is 9.97 Å². The normalized spacial score (nSPS) is 10.1. The standard InChI is InChI=1S/C14H16ClN5O2/c1-2-7-22-14(21)19-11-6-4-3-5-10(11)18-12-9(15)8-17-13(16)20-12/h3-6,8H,2,7H2,1H3,(H,19,21)(H3,16,17,18,20). The monoisotopic (exact) mass is 321 g/mol. The van der Waals surface area contributed by atoms with Crippen molar-refractivity contribution in [2.24, 2.45) is 0 Å². The number of benzene rings is 1. The van der Waals surface area contributed by atoms with Gasteiger partial charge in [0.2, 0.25) is 5.95 Å². The lowest BCUT2D eigenvalue weighted by Gasteiger charge is -2.13. The Balaban J connectivity index is 2.17. The van der Waals surface area contributed by atoms with Crippen molar-refractivity contribution in [1.29, 1.82) is 0 Å². The number of nitrogens with zero attached hydrogens (tertiary/aromatic N) is 2. The molecule has 22 heavy (non-hydrogen) atoms. The molecule has 1 aromatic heterocycles. The molecular weight excluding hydrogens is 306 g/mol. The van der Waals surface area contributed by atoms with Gasteiger partial charge in [-0.15, -0.1) is 0 Å². The lowest BCUT2D eigenvalue weighted by Crippen LogP contribution is -2.15. The van der Waals surface area contributed by atoms with Crippen LogP contribution in [0.2, 0.25) is 5.02 Å². The molecule has 4 N–H and O–H groups in total. The fourth-order valence-electron chi connectivity index (χ4n) is 1.64. The van der Waals surface area contributed by atoms with Crippen LogP contribution in [0.1, 0.15) is 13.3 Å². The molecule has 1 heterocycles. The van der Waals surface area contributed by atoms with Crippen molar-refractivity contribution in [2.75, 3.05) is 23.0 Å². The number of nitrogen functional groups attached to an aromatic ring is 1. The summed E-state index contributed by atoms with van der Waals surface area (Å²) in [4.78, 5) is 19.5. The number of ether oxygens (including phenoxy) is 1. The highest BCUT2D eigenvalue weighted by Gasteiger charge is 2.10. The third kappa shape index (κ3) is 4.23. The molecule has 2 aromatic rings. The van der Waals surface area contributed by atoms with Gasteiger partial charge in [-0.05, 0) is 18.6 Å². The molecule has 0 radical (unpaired) electrons. The summed E-state index contributed by atoms with van der Waals surface area (Å²) in [6.07, 6.45) is 1.63.